The maximum atomic E-state index is 14.0. The third kappa shape index (κ3) is 4.13. The molecule has 1 N–H and O–H groups in total. The zero-order chi connectivity index (χ0) is 27.3. The highest BCUT2D eigenvalue weighted by molar-refractivity contribution is 7.11. The molecule has 1 aliphatic rings. The number of aromatic nitrogens is 4. The van der Waals surface area contributed by atoms with E-state index in [1.165, 1.54) is 28.2 Å². The van der Waals surface area contributed by atoms with Crippen LogP contribution in [0.3, 0.4) is 0 Å². The van der Waals surface area contributed by atoms with Crippen molar-refractivity contribution in [3.63, 3.8) is 0 Å². The number of carbonyl (C=O) groups is 2. The predicted octanol–water partition coefficient (Wildman–Crippen LogP) is 4.09. The minimum absolute atomic E-state index is 0.0873. The summed E-state index contributed by atoms with van der Waals surface area (Å²) in [7, 11) is 1.70. The lowest BCUT2D eigenvalue weighted by molar-refractivity contribution is -0.124. The topological polar surface area (TPSA) is 102 Å². The second-order valence-electron chi connectivity index (χ2n) is 10.2. The van der Waals surface area contributed by atoms with Crippen LogP contribution in [-0.2, 0) is 11.8 Å². The van der Waals surface area contributed by atoms with E-state index in [0.29, 0.717) is 10.6 Å². The average molecular weight is 539 g/mol. The summed E-state index contributed by atoms with van der Waals surface area (Å²) in [4.78, 5) is 45.3. The van der Waals surface area contributed by atoms with Gasteiger partial charge >= 0.3 is 0 Å². The fourth-order valence-corrected chi connectivity index (χ4v) is 5.79. The highest BCUT2D eigenvalue weighted by Crippen LogP contribution is 2.47. The van der Waals surface area contributed by atoms with Crippen LogP contribution in [0.1, 0.15) is 35.1 Å². The first-order valence-corrected chi connectivity index (χ1v) is 13.4. The van der Waals surface area contributed by atoms with Crippen LogP contribution in [0.15, 0.2) is 89.6 Å². The van der Waals surface area contributed by atoms with E-state index in [9.17, 15) is 14.4 Å². The summed E-state index contributed by atoms with van der Waals surface area (Å²) in [6.45, 7) is 3.75. The molecule has 0 bridgehead atoms. The second-order valence-corrected chi connectivity index (χ2v) is 11.1. The van der Waals surface area contributed by atoms with Crippen LogP contribution in [0.4, 0.5) is 5.69 Å². The third-order valence-electron chi connectivity index (χ3n) is 7.37. The molecule has 0 unspecified atom stereocenters. The number of nitrogens with zero attached hydrogens (tertiary/aromatic N) is 5. The Kier molecular flexibility index (Phi) is 5.91. The molecule has 39 heavy (non-hydrogen) atoms. The number of nitrogens with one attached hydrogen (secondary N) is 1. The van der Waals surface area contributed by atoms with Gasteiger partial charge in [0.1, 0.15) is 4.88 Å². The maximum Gasteiger partial charge on any atom is 0.263 e. The Hall–Kier alpha value is -4.57. The van der Waals surface area contributed by atoms with Crippen LogP contribution < -0.4 is 15.8 Å². The molecule has 5 aromatic rings. The van der Waals surface area contributed by atoms with E-state index in [4.69, 9.17) is 0 Å². The van der Waals surface area contributed by atoms with Crippen molar-refractivity contribution in [3.05, 3.63) is 106 Å². The molecular weight excluding hydrogens is 512 g/mol. The Morgan fingerprint density at radius 2 is 1.77 bits per heavy atom. The summed E-state index contributed by atoms with van der Waals surface area (Å²) < 4.78 is 3.27. The average Bonchev–Trinajstić information content (AvgIpc) is 3.66. The van der Waals surface area contributed by atoms with Crippen LogP contribution in [0.2, 0.25) is 0 Å². The van der Waals surface area contributed by atoms with Crippen molar-refractivity contribution >= 4 is 39.7 Å². The Labute approximate surface area is 228 Å². The van der Waals surface area contributed by atoms with Crippen LogP contribution >= 0.6 is 11.3 Å². The summed E-state index contributed by atoms with van der Waals surface area (Å²) in [5.74, 6) is -0.337. The van der Waals surface area contributed by atoms with Crippen molar-refractivity contribution < 1.29 is 9.59 Å². The fourth-order valence-electron chi connectivity index (χ4n) is 5.26. The summed E-state index contributed by atoms with van der Waals surface area (Å²) in [5, 5.41) is 8.54. The quantitative estimate of drug-likeness (QED) is 0.363. The van der Waals surface area contributed by atoms with Crippen molar-refractivity contribution in [1.82, 2.24) is 24.6 Å². The van der Waals surface area contributed by atoms with Crippen molar-refractivity contribution in [2.75, 3.05) is 4.90 Å². The van der Waals surface area contributed by atoms with E-state index in [0.717, 1.165) is 22.2 Å². The van der Waals surface area contributed by atoms with E-state index in [1.807, 2.05) is 62.4 Å². The van der Waals surface area contributed by atoms with Crippen molar-refractivity contribution in [2.45, 2.75) is 25.9 Å². The van der Waals surface area contributed by atoms with E-state index in [1.54, 1.807) is 40.6 Å². The lowest BCUT2D eigenvalue weighted by Gasteiger charge is -2.30. The number of amides is 2. The van der Waals surface area contributed by atoms with Crippen LogP contribution in [0, 0.1) is 5.41 Å². The number of rotatable bonds is 5. The summed E-state index contributed by atoms with van der Waals surface area (Å²) in [6, 6.07) is 17.9. The van der Waals surface area contributed by atoms with Gasteiger partial charge in [-0.2, -0.15) is 5.10 Å². The van der Waals surface area contributed by atoms with E-state index >= 15 is 0 Å². The SMILES string of the molecule is Cn1cc(-n2ncc3cc(N4C(=O)C(C)(C)[C@@H](NC(=O)c5cncs5)[C@@H]4c4ccccc4)ccc32)ccc1=O. The number of benzene rings is 2. The predicted molar refractivity (Wildman–Crippen MR) is 150 cm³/mol. The molecule has 9 nitrogen and oxygen atoms in total. The molecule has 0 spiro atoms. The lowest BCUT2D eigenvalue weighted by atomic mass is 9.82. The van der Waals surface area contributed by atoms with Gasteiger partial charge in [-0.3, -0.25) is 19.4 Å². The number of carbonyl (C=O) groups excluding carboxylic acids is 2. The molecule has 1 fully saturated rings. The minimum atomic E-state index is -0.880. The smallest absolute Gasteiger partial charge is 0.263 e. The third-order valence-corrected chi connectivity index (χ3v) is 8.14. The van der Waals surface area contributed by atoms with Gasteiger partial charge in [0.2, 0.25) is 11.5 Å². The molecule has 196 valence electrons. The van der Waals surface area contributed by atoms with Crippen molar-refractivity contribution in [2.24, 2.45) is 12.5 Å². The molecule has 1 aliphatic heterocycles. The highest BCUT2D eigenvalue weighted by Gasteiger charge is 2.55. The minimum Gasteiger partial charge on any atom is -0.345 e. The largest absolute Gasteiger partial charge is 0.345 e. The molecule has 0 radical (unpaired) electrons. The number of thiazole rings is 1. The van der Waals surface area contributed by atoms with Gasteiger partial charge in [0, 0.05) is 30.4 Å². The van der Waals surface area contributed by atoms with Gasteiger partial charge in [-0.25, -0.2) is 4.68 Å². The molecule has 3 aromatic heterocycles. The van der Waals surface area contributed by atoms with Crippen LogP contribution in [0.5, 0.6) is 0 Å². The zero-order valence-electron chi connectivity index (χ0n) is 21.6. The molecule has 0 aliphatic carbocycles. The van der Waals surface area contributed by atoms with Crippen LogP contribution in [-0.4, -0.2) is 37.2 Å². The molecular formula is C29H26N6O3S. The lowest BCUT2D eigenvalue weighted by Crippen LogP contribution is -2.46. The van der Waals surface area contributed by atoms with Gasteiger partial charge in [-0.15, -0.1) is 11.3 Å². The van der Waals surface area contributed by atoms with Gasteiger partial charge in [0.15, 0.2) is 0 Å². The van der Waals surface area contributed by atoms with Crippen molar-refractivity contribution in [1.29, 1.82) is 0 Å². The molecule has 2 amide bonds. The number of aryl methyl sites for hydroxylation is 1. The van der Waals surface area contributed by atoms with Gasteiger partial charge in [0.05, 0.1) is 46.6 Å². The zero-order valence-corrected chi connectivity index (χ0v) is 22.4. The number of fused-ring (bicyclic) bond motifs is 1. The first-order chi connectivity index (χ1) is 18.8. The Morgan fingerprint density at radius 1 is 1.00 bits per heavy atom. The van der Waals surface area contributed by atoms with Crippen molar-refractivity contribution in [3.8, 4) is 5.69 Å². The Balaban J connectivity index is 1.44. The summed E-state index contributed by atoms with van der Waals surface area (Å²) in [5.41, 5.74) is 3.87. The molecule has 6 rings (SSSR count). The first-order valence-electron chi connectivity index (χ1n) is 12.5. The normalized spacial score (nSPS) is 18.5. The van der Waals surface area contributed by atoms with Crippen LogP contribution in [0.25, 0.3) is 16.6 Å². The highest BCUT2D eigenvalue weighted by atomic mass is 32.1. The number of pyridine rings is 1. The molecule has 2 atom stereocenters. The molecule has 10 heteroatoms. The Bertz CT molecular complexity index is 1760. The molecule has 1 saturated heterocycles. The molecule has 2 aromatic carbocycles. The monoisotopic (exact) mass is 538 g/mol. The van der Waals surface area contributed by atoms with Gasteiger partial charge in [-0.1, -0.05) is 30.3 Å². The fraction of sp³-hybridized carbons (Fsp3) is 0.207. The summed E-state index contributed by atoms with van der Waals surface area (Å²) in [6.07, 6.45) is 5.02. The van der Waals surface area contributed by atoms with Gasteiger partial charge in [-0.05, 0) is 43.7 Å². The number of anilines is 1. The number of hydrogen-bond acceptors (Lipinski definition) is 6. The standard InChI is InChI=1S/C29H26N6O3S/c1-29(2)26(32-27(37)23-15-30-17-39-23)25(18-7-5-4-6-8-18)34(28(29)38)20-9-11-22-19(13-20)14-31-35(22)21-10-12-24(36)33(3)16-21/h4-17,25-26H,1-3H3,(H,32,37)/t25-,26-/m0/s1. The van der Waals surface area contributed by atoms with Gasteiger partial charge < -0.3 is 14.8 Å². The Morgan fingerprint density at radius 3 is 2.49 bits per heavy atom. The first kappa shape index (κ1) is 24.7. The number of hydrogen-bond donors (Lipinski definition) is 1. The molecule has 4 heterocycles. The molecule has 0 saturated carbocycles. The second kappa shape index (κ2) is 9.32. The van der Waals surface area contributed by atoms with E-state index in [2.05, 4.69) is 15.4 Å². The van der Waals surface area contributed by atoms with Gasteiger partial charge in [0.25, 0.3) is 5.91 Å². The van der Waals surface area contributed by atoms with E-state index < -0.39 is 17.5 Å². The maximum absolute atomic E-state index is 14.0. The van der Waals surface area contributed by atoms with E-state index in [-0.39, 0.29) is 17.4 Å². The summed E-state index contributed by atoms with van der Waals surface area (Å²) >= 11 is 1.26.